The monoisotopic (exact) mass is 419 g/mol. The molecule has 1 amide bonds. The van der Waals surface area contributed by atoms with Crippen LogP contribution in [-0.2, 0) is 24.8 Å². The molecule has 2 aromatic heterocycles. The largest absolute Gasteiger partial charge is 0.457 e. The minimum Gasteiger partial charge on any atom is -0.457 e. The molecule has 0 fully saturated rings. The number of carbonyl (C=O) groups excluding carboxylic acids is 1. The molecule has 3 N–H and O–H groups in total. The van der Waals surface area contributed by atoms with Gasteiger partial charge < -0.3 is 15.0 Å². The lowest BCUT2D eigenvalue weighted by molar-refractivity contribution is -0.121. The van der Waals surface area contributed by atoms with Gasteiger partial charge >= 0.3 is 5.69 Å². The van der Waals surface area contributed by atoms with Crippen LogP contribution < -0.4 is 21.3 Å². The van der Waals surface area contributed by atoms with Crippen LogP contribution in [0.3, 0.4) is 0 Å². The van der Waals surface area contributed by atoms with Gasteiger partial charge in [-0.3, -0.25) is 19.1 Å². The van der Waals surface area contributed by atoms with Crippen LogP contribution in [0.25, 0.3) is 11.2 Å². The zero-order valence-corrected chi connectivity index (χ0v) is 16.8. The number of ether oxygens (including phenoxy) is 1. The van der Waals surface area contributed by atoms with Gasteiger partial charge in [0.05, 0.1) is 0 Å². The number of amides is 1. The van der Waals surface area contributed by atoms with E-state index in [1.807, 2.05) is 54.6 Å². The van der Waals surface area contributed by atoms with Gasteiger partial charge in [-0.1, -0.05) is 36.4 Å². The first-order valence-electron chi connectivity index (χ1n) is 9.76. The highest BCUT2D eigenvalue weighted by Crippen LogP contribution is 2.24. The van der Waals surface area contributed by atoms with Gasteiger partial charge in [-0.05, 0) is 18.2 Å². The molecule has 0 aliphatic heterocycles. The number of carbonyl (C=O) groups is 1. The van der Waals surface area contributed by atoms with Crippen LogP contribution >= 0.6 is 0 Å². The summed E-state index contributed by atoms with van der Waals surface area (Å²) in [6.45, 7) is 0.316. The van der Waals surface area contributed by atoms with Crippen molar-refractivity contribution < 1.29 is 9.53 Å². The SMILES string of the molecule is Cn1c(=O)[nH]c(=O)c2[nH]c(CCC(=O)NCc3ccccc3Oc3ccccc3)nc21. The molecule has 0 aliphatic rings. The zero-order chi connectivity index (χ0) is 21.8. The lowest BCUT2D eigenvalue weighted by Gasteiger charge is -2.12. The summed E-state index contributed by atoms with van der Waals surface area (Å²) in [5, 5.41) is 2.88. The highest BCUT2D eigenvalue weighted by Gasteiger charge is 2.12. The fourth-order valence-corrected chi connectivity index (χ4v) is 3.15. The van der Waals surface area contributed by atoms with E-state index in [4.69, 9.17) is 4.74 Å². The minimum atomic E-state index is -0.537. The number of fused-ring (bicyclic) bond motifs is 1. The molecule has 4 aromatic rings. The quantitative estimate of drug-likeness (QED) is 0.423. The third-order valence-electron chi connectivity index (χ3n) is 4.81. The van der Waals surface area contributed by atoms with E-state index in [0.29, 0.717) is 24.5 Å². The molecule has 31 heavy (non-hydrogen) atoms. The molecule has 0 aliphatic carbocycles. The first-order chi connectivity index (χ1) is 15.0. The van der Waals surface area contributed by atoms with Crippen molar-refractivity contribution >= 4 is 17.1 Å². The van der Waals surface area contributed by atoms with Crippen LogP contribution in [0.15, 0.2) is 64.2 Å². The Labute approximate surface area is 176 Å². The number of nitrogens with zero attached hydrogens (tertiary/aromatic N) is 2. The summed E-state index contributed by atoms with van der Waals surface area (Å²) >= 11 is 0. The summed E-state index contributed by atoms with van der Waals surface area (Å²) in [4.78, 5) is 45.3. The Balaban J connectivity index is 1.38. The molecule has 2 aromatic carbocycles. The maximum Gasteiger partial charge on any atom is 0.329 e. The molecule has 0 unspecified atom stereocenters. The van der Waals surface area contributed by atoms with Crippen molar-refractivity contribution in [2.75, 3.05) is 0 Å². The van der Waals surface area contributed by atoms with Crippen molar-refractivity contribution in [1.82, 2.24) is 24.8 Å². The fraction of sp³-hybridized carbons (Fsp3) is 0.182. The number of aromatic nitrogens is 4. The van der Waals surface area contributed by atoms with Crippen molar-refractivity contribution in [2.45, 2.75) is 19.4 Å². The second-order valence-electron chi connectivity index (χ2n) is 7.00. The Kier molecular flexibility index (Phi) is 5.65. The summed E-state index contributed by atoms with van der Waals surface area (Å²) < 4.78 is 7.16. The smallest absolute Gasteiger partial charge is 0.329 e. The Morgan fingerprint density at radius 2 is 1.81 bits per heavy atom. The molecule has 0 bridgehead atoms. The predicted octanol–water partition coefficient (Wildman–Crippen LogP) is 1.99. The highest BCUT2D eigenvalue weighted by molar-refractivity contribution is 5.76. The summed E-state index contributed by atoms with van der Waals surface area (Å²) in [6.07, 6.45) is 0.476. The third kappa shape index (κ3) is 4.55. The van der Waals surface area contributed by atoms with Crippen LogP contribution in [0.1, 0.15) is 17.8 Å². The molecule has 0 spiro atoms. The summed E-state index contributed by atoms with van der Waals surface area (Å²) in [5.74, 6) is 1.68. The van der Waals surface area contributed by atoms with Gasteiger partial charge in [0.15, 0.2) is 5.65 Å². The first kappa shape index (κ1) is 20.1. The van der Waals surface area contributed by atoms with Crippen LogP contribution in [0, 0.1) is 0 Å². The molecular weight excluding hydrogens is 398 g/mol. The number of para-hydroxylation sites is 2. The van der Waals surface area contributed by atoms with E-state index < -0.39 is 11.2 Å². The van der Waals surface area contributed by atoms with Gasteiger partial charge in [-0.25, -0.2) is 9.78 Å². The average molecular weight is 419 g/mol. The van der Waals surface area contributed by atoms with Gasteiger partial charge in [0, 0.05) is 32.0 Å². The van der Waals surface area contributed by atoms with Crippen molar-refractivity contribution in [1.29, 1.82) is 0 Å². The highest BCUT2D eigenvalue weighted by atomic mass is 16.5. The maximum atomic E-state index is 12.3. The van der Waals surface area contributed by atoms with E-state index in [1.165, 1.54) is 11.6 Å². The molecule has 9 nitrogen and oxygen atoms in total. The van der Waals surface area contributed by atoms with Crippen LogP contribution in [0.5, 0.6) is 11.5 Å². The van der Waals surface area contributed by atoms with Gasteiger partial charge in [-0.15, -0.1) is 0 Å². The lowest BCUT2D eigenvalue weighted by Crippen LogP contribution is -2.28. The Morgan fingerprint density at radius 1 is 1.06 bits per heavy atom. The number of rotatable bonds is 7. The standard InChI is InChI=1S/C22H21N5O4/c1-27-20-19(21(29)26-22(27)30)24-17(25-20)11-12-18(28)23-13-14-7-5-6-10-16(14)31-15-8-3-2-4-9-15/h2-10H,11-13H2,1H3,(H,23,28)(H,24,25)(H,26,29,30). The average Bonchev–Trinajstić information content (AvgIpc) is 3.21. The van der Waals surface area contributed by atoms with Gasteiger partial charge in [0.2, 0.25) is 5.91 Å². The van der Waals surface area contributed by atoms with E-state index in [9.17, 15) is 14.4 Å². The van der Waals surface area contributed by atoms with Crippen LogP contribution in [-0.4, -0.2) is 25.4 Å². The van der Waals surface area contributed by atoms with E-state index in [0.717, 1.165) is 11.3 Å². The number of imidazole rings is 1. The summed E-state index contributed by atoms with van der Waals surface area (Å²) in [5.41, 5.74) is 0.256. The topological polar surface area (TPSA) is 122 Å². The van der Waals surface area contributed by atoms with Gasteiger partial charge in [0.1, 0.15) is 22.8 Å². The number of benzene rings is 2. The normalized spacial score (nSPS) is 10.9. The van der Waals surface area contributed by atoms with E-state index >= 15 is 0 Å². The predicted molar refractivity (Wildman–Crippen MR) is 115 cm³/mol. The number of nitrogens with one attached hydrogen (secondary N) is 3. The molecule has 158 valence electrons. The number of H-pyrrole nitrogens is 2. The molecule has 0 saturated carbocycles. The second kappa shape index (κ2) is 8.70. The van der Waals surface area contributed by atoms with E-state index in [2.05, 4.69) is 20.3 Å². The number of hydrogen-bond acceptors (Lipinski definition) is 5. The summed E-state index contributed by atoms with van der Waals surface area (Å²) in [7, 11) is 1.52. The van der Waals surface area contributed by atoms with Crippen LogP contribution in [0.2, 0.25) is 0 Å². The number of aryl methyl sites for hydroxylation is 2. The molecular formula is C22H21N5O4. The fourth-order valence-electron chi connectivity index (χ4n) is 3.15. The Morgan fingerprint density at radius 3 is 2.61 bits per heavy atom. The summed E-state index contributed by atoms with van der Waals surface area (Å²) in [6, 6.07) is 16.9. The molecule has 0 atom stereocenters. The van der Waals surface area contributed by atoms with E-state index in [-0.39, 0.29) is 23.5 Å². The molecule has 2 heterocycles. The Hall–Kier alpha value is -4.14. The third-order valence-corrected chi connectivity index (χ3v) is 4.81. The van der Waals surface area contributed by atoms with Gasteiger partial charge in [-0.2, -0.15) is 0 Å². The van der Waals surface area contributed by atoms with E-state index in [1.54, 1.807) is 0 Å². The maximum absolute atomic E-state index is 12.3. The zero-order valence-electron chi connectivity index (χ0n) is 16.8. The van der Waals surface area contributed by atoms with Crippen LogP contribution in [0.4, 0.5) is 0 Å². The molecule has 9 heteroatoms. The first-order valence-corrected chi connectivity index (χ1v) is 9.76. The van der Waals surface area contributed by atoms with Crippen molar-refractivity contribution in [3.63, 3.8) is 0 Å². The van der Waals surface area contributed by atoms with Gasteiger partial charge in [0.25, 0.3) is 5.56 Å². The van der Waals surface area contributed by atoms with Crippen molar-refractivity contribution in [2.24, 2.45) is 7.05 Å². The molecule has 0 saturated heterocycles. The second-order valence-corrected chi connectivity index (χ2v) is 7.00. The van der Waals surface area contributed by atoms with Crippen molar-refractivity contribution in [3.8, 4) is 11.5 Å². The molecule has 4 rings (SSSR count). The number of hydrogen-bond donors (Lipinski definition) is 3. The minimum absolute atomic E-state index is 0.169. The van der Waals surface area contributed by atoms with Crippen molar-refractivity contribution in [3.05, 3.63) is 86.8 Å². The number of aromatic amines is 2. The molecule has 0 radical (unpaired) electrons. The lowest BCUT2D eigenvalue weighted by atomic mass is 10.2. The Bertz CT molecular complexity index is 1340.